The molecule has 0 aliphatic heterocycles. The molecule has 0 aliphatic rings. The van der Waals surface area contributed by atoms with Gasteiger partial charge in [0.2, 0.25) is 0 Å². The second kappa shape index (κ2) is 10.9. The predicted molar refractivity (Wildman–Crippen MR) is 123 cm³/mol. The Kier molecular flexibility index (Phi) is 7.75. The van der Waals surface area contributed by atoms with Crippen molar-refractivity contribution in [3.63, 3.8) is 0 Å². The molecule has 0 aliphatic carbocycles. The number of nitrogens with one attached hydrogen (secondary N) is 2. The summed E-state index contributed by atoms with van der Waals surface area (Å²) in [7, 11) is 4.58. The summed E-state index contributed by atoms with van der Waals surface area (Å²) in [5, 5.41) is 5.56. The quantitative estimate of drug-likeness (QED) is 0.479. The van der Waals surface area contributed by atoms with Crippen molar-refractivity contribution >= 4 is 17.9 Å². The largest absolute Gasteiger partial charge is 0.497 e. The van der Waals surface area contributed by atoms with Gasteiger partial charge in [0, 0.05) is 11.6 Å². The monoisotopic (exact) mass is 450 g/mol. The molecule has 3 rings (SSSR count). The molecule has 3 aromatic rings. The van der Waals surface area contributed by atoms with E-state index < -0.39 is 11.8 Å². The number of ether oxygens (including phenoxy) is 3. The fourth-order valence-electron chi connectivity index (χ4n) is 3.10. The molecule has 33 heavy (non-hydrogen) atoms. The van der Waals surface area contributed by atoms with E-state index >= 15 is 0 Å². The van der Waals surface area contributed by atoms with Crippen LogP contribution in [0.4, 0.5) is 0 Å². The van der Waals surface area contributed by atoms with Gasteiger partial charge in [-0.2, -0.15) is 0 Å². The van der Waals surface area contributed by atoms with Gasteiger partial charge in [-0.1, -0.05) is 12.1 Å². The summed E-state index contributed by atoms with van der Waals surface area (Å²) in [6, 6.07) is 15.2. The van der Waals surface area contributed by atoms with Gasteiger partial charge < -0.3 is 29.3 Å². The molecule has 0 fully saturated rings. The lowest BCUT2D eigenvalue weighted by molar-refractivity contribution is -0.118. The van der Waals surface area contributed by atoms with Crippen LogP contribution in [0.5, 0.6) is 17.2 Å². The van der Waals surface area contributed by atoms with Gasteiger partial charge in [-0.05, 0) is 55.0 Å². The first-order valence-corrected chi connectivity index (χ1v) is 10.2. The predicted octanol–water partition coefficient (Wildman–Crippen LogP) is 3.95. The summed E-state index contributed by atoms with van der Waals surface area (Å²) in [5.74, 6) is 1.08. The number of amides is 2. The molecule has 1 atom stereocenters. The van der Waals surface area contributed by atoms with Gasteiger partial charge in [0.25, 0.3) is 11.8 Å². The Labute approximate surface area is 192 Å². The standard InChI is InChI=1S/C25H26N2O6/c1-16(17-7-10-19(30-2)11-8-17)26-25(29)21(15-20-6-5-13-33-20)27-24(28)18-9-12-22(31-3)23(14-18)32-4/h5-16H,1-4H3,(H,26,29)(H,27,28)/b21-15-/t16-/m1/s1. The second-order valence-electron chi connectivity index (χ2n) is 7.07. The third-order valence-corrected chi connectivity index (χ3v) is 4.93. The minimum Gasteiger partial charge on any atom is -0.497 e. The molecule has 0 radical (unpaired) electrons. The zero-order chi connectivity index (χ0) is 23.8. The number of hydrogen-bond donors (Lipinski definition) is 2. The first-order valence-electron chi connectivity index (χ1n) is 10.2. The smallest absolute Gasteiger partial charge is 0.268 e. The number of furan rings is 1. The number of hydrogen-bond acceptors (Lipinski definition) is 6. The molecule has 0 saturated carbocycles. The first kappa shape index (κ1) is 23.5. The van der Waals surface area contributed by atoms with Gasteiger partial charge in [0.15, 0.2) is 11.5 Å². The van der Waals surface area contributed by atoms with E-state index in [4.69, 9.17) is 18.6 Å². The highest BCUT2D eigenvalue weighted by molar-refractivity contribution is 6.05. The van der Waals surface area contributed by atoms with E-state index in [1.807, 2.05) is 31.2 Å². The number of carbonyl (C=O) groups excluding carboxylic acids is 2. The third kappa shape index (κ3) is 5.94. The van der Waals surface area contributed by atoms with Crippen molar-refractivity contribution < 1.29 is 28.2 Å². The SMILES string of the molecule is COc1ccc([C@@H](C)NC(=O)/C(=C/c2ccco2)NC(=O)c2ccc(OC)c(OC)c2)cc1. The molecule has 8 heteroatoms. The van der Waals surface area contributed by atoms with Gasteiger partial charge in [-0.25, -0.2) is 0 Å². The van der Waals surface area contributed by atoms with E-state index in [0.29, 0.717) is 22.8 Å². The van der Waals surface area contributed by atoms with Crippen LogP contribution in [0, 0.1) is 0 Å². The summed E-state index contributed by atoms with van der Waals surface area (Å²) in [6.07, 6.45) is 2.95. The fourth-order valence-corrected chi connectivity index (χ4v) is 3.10. The van der Waals surface area contributed by atoms with Gasteiger partial charge >= 0.3 is 0 Å². The summed E-state index contributed by atoms with van der Waals surface area (Å²) < 4.78 is 21.0. The summed E-state index contributed by atoms with van der Waals surface area (Å²) in [5.41, 5.74) is 1.21. The minimum atomic E-state index is -0.485. The Bertz CT molecular complexity index is 1120. The molecular formula is C25H26N2O6. The molecular weight excluding hydrogens is 424 g/mol. The van der Waals surface area contributed by atoms with E-state index in [1.54, 1.807) is 31.4 Å². The van der Waals surface area contributed by atoms with Crippen LogP contribution >= 0.6 is 0 Å². The first-order chi connectivity index (χ1) is 15.9. The average molecular weight is 450 g/mol. The lowest BCUT2D eigenvalue weighted by Crippen LogP contribution is -2.36. The Morgan fingerprint density at radius 3 is 2.27 bits per heavy atom. The van der Waals surface area contributed by atoms with Crippen LogP contribution < -0.4 is 24.8 Å². The Morgan fingerprint density at radius 2 is 1.67 bits per heavy atom. The topological polar surface area (TPSA) is 99.0 Å². The summed E-state index contributed by atoms with van der Waals surface area (Å²) in [6.45, 7) is 1.85. The number of carbonyl (C=O) groups is 2. The Balaban J connectivity index is 1.81. The van der Waals surface area contributed by atoms with Crippen molar-refractivity contribution in [3.05, 3.63) is 83.4 Å². The van der Waals surface area contributed by atoms with Crippen molar-refractivity contribution in [1.82, 2.24) is 10.6 Å². The average Bonchev–Trinajstić information content (AvgIpc) is 3.36. The molecule has 0 bridgehead atoms. The van der Waals surface area contributed by atoms with E-state index in [2.05, 4.69) is 10.6 Å². The van der Waals surface area contributed by atoms with Crippen LogP contribution in [0.1, 0.15) is 34.6 Å². The zero-order valence-corrected chi connectivity index (χ0v) is 18.9. The summed E-state index contributed by atoms with van der Waals surface area (Å²) in [4.78, 5) is 26.0. The number of methoxy groups -OCH3 is 3. The molecule has 8 nitrogen and oxygen atoms in total. The second-order valence-corrected chi connectivity index (χ2v) is 7.07. The van der Waals surface area contributed by atoms with Crippen molar-refractivity contribution in [2.24, 2.45) is 0 Å². The van der Waals surface area contributed by atoms with E-state index in [0.717, 1.165) is 11.3 Å². The number of benzene rings is 2. The Hall–Kier alpha value is -4.20. The van der Waals surface area contributed by atoms with Crippen molar-refractivity contribution in [1.29, 1.82) is 0 Å². The van der Waals surface area contributed by atoms with E-state index in [1.165, 1.54) is 32.6 Å². The minimum absolute atomic E-state index is 0.0325. The van der Waals surface area contributed by atoms with Crippen LogP contribution in [-0.4, -0.2) is 33.1 Å². The van der Waals surface area contributed by atoms with Crippen LogP contribution in [0.3, 0.4) is 0 Å². The van der Waals surface area contributed by atoms with Gasteiger partial charge in [-0.15, -0.1) is 0 Å². The Morgan fingerprint density at radius 1 is 0.939 bits per heavy atom. The number of rotatable bonds is 9. The van der Waals surface area contributed by atoms with Gasteiger partial charge in [-0.3, -0.25) is 9.59 Å². The molecule has 2 amide bonds. The fraction of sp³-hybridized carbons (Fsp3) is 0.200. The maximum absolute atomic E-state index is 13.1. The molecule has 0 saturated heterocycles. The van der Waals surface area contributed by atoms with Crippen molar-refractivity contribution in [2.45, 2.75) is 13.0 Å². The van der Waals surface area contributed by atoms with Crippen LogP contribution in [-0.2, 0) is 4.79 Å². The maximum atomic E-state index is 13.1. The van der Waals surface area contributed by atoms with Crippen LogP contribution in [0.2, 0.25) is 0 Å². The molecule has 1 aromatic heterocycles. The lowest BCUT2D eigenvalue weighted by atomic mass is 10.1. The highest BCUT2D eigenvalue weighted by atomic mass is 16.5. The highest BCUT2D eigenvalue weighted by Crippen LogP contribution is 2.27. The van der Waals surface area contributed by atoms with Crippen LogP contribution in [0.25, 0.3) is 6.08 Å². The van der Waals surface area contributed by atoms with E-state index in [9.17, 15) is 9.59 Å². The lowest BCUT2D eigenvalue weighted by Gasteiger charge is -2.17. The maximum Gasteiger partial charge on any atom is 0.268 e. The molecule has 1 heterocycles. The molecule has 2 aromatic carbocycles. The normalized spacial score (nSPS) is 11.9. The molecule has 2 N–H and O–H groups in total. The van der Waals surface area contributed by atoms with Gasteiger partial charge in [0.05, 0.1) is 33.6 Å². The zero-order valence-electron chi connectivity index (χ0n) is 18.9. The van der Waals surface area contributed by atoms with Crippen LogP contribution in [0.15, 0.2) is 71.0 Å². The third-order valence-electron chi connectivity index (χ3n) is 4.93. The van der Waals surface area contributed by atoms with Crippen molar-refractivity contribution in [3.8, 4) is 17.2 Å². The molecule has 172 valence electrons. The summed E-state index contributed by atoms with van der Waals surface area (Å²) >= 11 is 0. The van der Waals surface area contributed by atoms with Crippen molar-refractivity contribution in [2.75, 3.05) is 21.3 Å². The molecule has 0 spiro atoms. The molecule has 0 unspecified atom stereocenters. The van der Waals surface area contributed by atoms with E-state index in [-0.39, 0.29) is 11.7 Å². The highest BCUT2D eigenvalue weighted by Gasteiger charge is 2.19. The van der Waals surface area contributed by atoms with Gasteiger partial charge in [0.1, 0.15) is 17.2 Å².